The van der Waals surface area contributed by atoms with Crippen LogP contribution in [0.3, 0.4) is 0 Å². The molecule has 9 heteroatoms. The van der Waals surface area contributed by atoms with Crippen molar-refractivity contribution in [3.63, 3.8) is 0 Å². The van der Waals surface area contributed by atoms with Crippen LogP contribution in [-0.2, 0) is 4.74 Å². The zero-order chi connectivity index (χ0) is 16.8. The molecule has 3 rings (SSSR count). The van der Waals surface area contributed by atoms with Crippen LogP contribution in [0.1, 0.15) is 32.3 Å². The van der Waals surface area contributed by atoms with Crippen molar-refractivity contribution in [3.8, 4) is 0 Å². The van der Waals surface area contributed by atoms with Gasteiger partial charge in [0.1, 0.15) is 28.5 Å². The van der Waals surface area contributed by atoms with Gasteiger partial charge in [0.2, 0.25) is 0 Å². The third-order valence-corrected chi connectivity index (χ3v) is 2.62. The second-order valence-electron chi connectivity index (χ2n) is 4.47. The van der Waals surface area contributed by atoms with Crippen LogP contribution in [-0.4, -0.2) is 43.4 Å². The molecular weight excluding hydrogens is 324 g/mol. The quantitative estimate of drug-likeness (QED) is 0.488. The average molecular weight is 348 g/mol. The number of carbonyl (C=O) groups excluding carboxylic acids is 1. The minimum absolute atomic E-state index is 0. The predicted molar refractivity (Wildman–Crippen MR) is 94.0 cm³/mol. The second kappa shape index (κ2) is 9.91. The molecule has 0 atom stereocenters. The molecule has 0 aliphatic rings. The van der Waals surface area contributed by atoms with Gasteiger partial charge < -0.3 is 4.74 Å². The van der Waals surface area contributed by atoms with Gasteiger partial charge in [0.25, 0.3) is 0 Å². The Morgan fingerprint density at radius 3 is 2.00 bits per heavy atom. The molecule has 0 spiro atoms. The molecule has 9 nitrogen and oxygen atoms in total. The monoisotopic (exact) mass is 348 g/mol. The lowest BCUT2D eigenvalue weighted by Crippen LogP contribution is -2.20. The molecular formula is C16H24N6O3. The zero-order valence-electron chi connectivity index (χ0n) is 13.2. The number of benzene rings is 1. The highest BCUT2D eigenvalue weighted by Gasteiger charge is 2.08. The van der Waals surface area contributed by atoms with Gasteiger partial charge in [-0.1, -0.05) is 31.8 Å². The van der Waals surface area contributed by atoms with Crippen LogP contribution in [0.5, 0.6) is 0 Å². The maximum absolute atomic E-state index is 10.8. The Bertz CT molecular complexity index is 768. The van der Waals surface area contributed by atoms with E-state index in [1.165, 1.54) is 7.11 Å². The highest BCUT2D eigenvalue weighted by molar-refractivity contribution is 5.74. The van der Waals surface area contributed by atoms with Crippen LogP contribution < -0.4 is 4.84 Å². The van der Waals surface area contributed by atoms with E-state index in [1.54, 1.807) is 18.2 Å². The van der Waals surface area contributed by atoms with Gasteiger partial charge in [0, 0.05) is 0 Å². The van der Waals surface area contributed by atoms with Gasteiger partial charge >= 0.3 is 6.16 Å². The summed E-state index contributed by atoms with van der Waals surface area (Å²) in [5.74, 6) is 2.38. The van der Waals surface area contributed by atoms with Crippen molar-refractivity contribution in [2.45, 2.75) is 35.6 Å². The van der Waals surface area contributed by atoms with Gasteiger partial charge in [-0.25, -0.2) is 19.7 Å². The van der Waals surface area contributed by atoms with Gasteiger partial charge in [-0.15, -0.1) is 5.10 Å². The number of rotatable bonds is 1. The largest absolute Gasteiger partial charge is 0.534 e. The third kappa shape index (κ3) is 6.13. The molecule has 0 saturated heterocycles. The smallest absolute Gasteiger partial charge is 0.436 e. The first-order valence-corrected chi connectivity index (χ1v) is 6.72. The Kier molecular flexibility index (Phi) is 8.68. The molecule has 2 aromatic heterocycles. The Morgan fingerprint density at radius 1 is 0.960 bits per heavy atom. The summed E-state index contributed by atoms with van der Waals surface area (Å²) in [5, 5.41) is 7.41. The highest BCUT2D eigenvalue weighted by Crippen LogP contribution is 2.07. The van der Waals surface area contributed by atoms with Crippen LogP contribution in [0.25, 0.3) is 11.0 Å². The van der Waals surface area contributed by atoms with E-state index in [0.717, 1.165) is 22.3 Å². The molecule has 3 aromatic rings. The fourth-order valence-electron chi connectivity index (χ4n) is 1.80. The topological polar surface area (TPSA) is 105 Å². The van der Waals surface area contributed by atoms with Crippen LogP contribution in [0.15, 0.2) is 24.3 Å². The molecule has 0 saturated carbocycles. The molecule has 0 aliphatic carbocycles. The maximum atomic E-state index is 10.8. The van der Waals surface area contributed by atoms with Crippen molar-refractivity contribution >= 4 is 17.2 Å². The van der Waals surface area contributed by atoms with Gasteiger partial charge in [-0.3, -0.25) is 4.84 Å². The van der Waals surface area contributed by atoms with E-state index in [9.17, 15) is 4.79 Å². The van der Waals surface area contributed by atoms with E-state index in [2.05, 4.69) is 30.0 Å². The first-order chi connectivity index (χ1) is 11.0. The summed E-state index contributed by atoms with van der Waals surface area (Å²) >= 11 is 0. The first-order valence-electron chi connectivity index (χ1n) is 6.72. The number of hydrogen-bond donors (Lipinski definition) is 0. The minimum atomic E-state index is -0.833. The number of ether oxygens (including phenoxy) is 1. The summed E-state index contributed by atoms with van der Waals surface area (Å²) < 4.78 is 4.32. The Labute approximate surface area is 147 Å². The summed E-state index contributed by atoms with van der Waals surface area (Å²) in [6, 6.07) is 7.11. The van der Waals surface area contributed by atoms with Crippen LogP contribution >= 0.6 is 0 Å². The highest BCUT2D eigenvalue weighted by atomic mass is 16.8. The first kappa shape index (κ1) is 21.9. The molecule has 2 heterocycles. The fourth-order valence-corrected chi connectivity index (χ4v) is 1.80. The number of aryl methyl sites for hydroxylation is 3. The molecule has 1 aromatic carbocycles. The van der Waals surface area contributed by atoms with Crippen molar-refractivity contribution < 1.29 is 14.4 Å². The number of hydrogen-bond acceptors (Lipinski definition) is 8. The number of carbonyl (C=O) groups is 1. The van der Waals surface area contributed by atoms with E-state index < -0.39 is 6.16 Å². The van der Waals surface area contributed by atoms with Crippen molar-refractivity contribution in [1.29, 1.82) is 0 Å². The molecule has 0 fully saturated rings. The molecule has 0 aliphatic heterocycles. The Balaban J connectivity index is 0.000000462. The molecule has 136 valence electrons. The molecule has 0 radical (unpaired) electrons. The SMILES string of the molecule is C.C.COC(=O)On1nnc2ccccc21.Cc1nc(C)nc(C)n1. The van der Waals surface area contributed by atoms with E-state index >= 15 is 0 Å². The molecule has 0 amide bonds. The molecule has 25 heavy (non-hydrogen) atoms. The summed E-state index contributed by atoms with van der Waals surface area (Å²) in [6.45, 7) is 5.59. The van der Waals surface area contributed by atoms with Crippen molar-refractivity contribution in [1.82, 2.24) is 30.1 Å². The third-order valence-electron chi connectivity index (χ3n) is 2.62. The van der Waals surface area contributed by atoms with E-state index in [0.29, 0.717) is 11.0 Å². The second-order valence-corrected chi connectivity index (χ2v) is 4.47. The van der Waals surface area contributed by atoms with E-state index in [-0.39, 0.29) is 14.9 Å². The van der Waals surface area contributed by atoms with E-state index in [4.69, 9.17) is 4.84 Å². The van der Waals surface area contributed by atoms with Crippen molar-refractivity contribution in [2.24, 2.45) is 0 Å². The molecule has 0 unspecified atom stereocenters. The fraction of sp³-hybridized carbons (Fsp3) is 0.375. The number of aromatic nitrogens is 6. The Hall–Kier alpha value is -3.10. The van der Waals surface area contributed by atoms with Crippen molar-refractivity contribution in [3.05, 3.63) is 41.7 Å². The van der Waals surface area contributed by atoms with E-state index in [1.807, 2.05) is 26.8 Å². The van der Waals surface area contributed by atoms with Gasteiger partial charge in [-0.2, -0.15) is 0 Å². The zero-order valence-corrected chi connectivity index (χ0v) is 13.2. The van der Waals surface area contributed by atoms with Crippen LogP contribution in [0.4, 0.5) is 4.79 Å². The van der Waals surface area contributed by atoms with Crippen LogP contribution in [0.2, 0.25) is 0 Å². The summed E-state index contributed by atoms with van der Waals surface area (Å²) in [4.78, 5) is 28.5. The summed E-state index contributed by atoms with van der Waals surface area (Å²) in [5.41, 5.74) is 1.26. The number of nitrogens with zero attached hydrogens (tertiary/aromatic N) is 6. The molecule has 0 N–H and O–H groups in total. The van der Waals surface area contributed by atoms with Gasteiger partial charge in [0.15, 0.2) is 0 Å². The number of para-hydroxylation sites is 1. The Morgan fingerprint density at radius 2 is 1.48 bits per heavy atom. The lowest BCUT2D eigenvalue weighted by atomic mass is 10.3. The number of methoxy groups -OCH3 is 1. The number of fused-ring (bicyclic) bond motifs is 1. The summed E-state index contributed by atoms with van der Waals surface area (Å²) in [7, 11) is 1.22. The predicted octanol–water partition coefficient (Wildman–Crippen LogP) is 2.70. The van der Waals surface area contributed by atoms with Gasteiger partial charge in [-0.05, 0) is 38.1 Å². The van der Waals surface area contributed by atoms with Crippen molar-refractivity contribution in [2.75, 3.05) is 7.11 Å². The maximum Gasteiger partial charge on any atom is 0.534 e. The average Bonchev–Trinajstić information content (AvgIpc) is 2.90. The molecule has 0 bridgehead atoms. The van der Waals surface area contributed by atoms with Crippen LogP contribution in [0, 0.1) is 20.8 Å². The minimum Gasteiger partial charge on any atom is -0.436 e. The summed E-state index contributed by atoms with van der Waals surface area (Å²) in [6.07, 6.45) is -0.833. The van der Waals surface area contributed by atoms with Gasteiger partial charge in [0.05, 0.1) is 7.11 Å². The normalized spacial score (nSPS) is 9.12. The lowest BCUT2D eigenvalue weighted by molar-refractivity contribution is 0.0545. The lowest BCUT2D eigenvalue weighted by Gasteiger charge is -1.99. The standard InChI is InChI=1S/C8H7N3O3.C6H9N3.2CH4/c1-13-8(12)14-11-7-5-3-2-4-6(7)9-10-11;1-4-7-5(2)9-6(3)8-4;;/h2-5H,1H3;1-3H3;2*1H4.